The second-order valence-corrected chi connectivity index (χ2v) is 6.85. The molecule has 0 radical (unpaired) electrons. The molecule has 2 heterocycles. The van der Waals surface area contributed by atoms with Crippen LogP contribution in [0, 0.1) is 10.1 Å². The Morgan fingerprint density at radius 3 is 2.31 bits per heavy atom. The first-order chi connectivity index (χ1) is 15.6. The highest BCUT2D eigenvalue weighted by Gasteiger charge is 2.14. The van der Waals surface area contributed by atoms with E-state index in [1.54, 1.807) is 24.4 Å². The molecule has 32 heavy (non-hydrogen) atoms. The Morgan fingerprint density at radius 1 is 0.844 bits per heavy atom. The predicted molar refractivity (Wildman–Crippen MR) is 122 cm³/mol. The van der Waals surface area contributed by atoms with Crippen molar-refractivity contribution >= 4 is 17.5 Å². The maximum Gasteiger partial charge on any atom is 0.287 e. The summed E-state index contributed by atoms with van der Waals surface area (Å²) in [5, 5.41) is 27.3. The number of nitro groups is 1. The van der Waals surface area contributed by atoms with Gasteiger partial charge in [-0.3, -0.25) is 10.1 Å². The molecule has 0 unspecified atom stereocenters. The standard InChI is InChI=1S/C23H20N6O3/c30-20-9-5-4-8-18(20)22-19(16-6-2-1-3-7-16)15-27-23(28-22)25-13-12-24-21-11-10-17(14-26-21)29(31)32/h1-11,14-15,30H,12-13H2,(H,24,26)(H,25,27,28). The van der Waals surface area contributed by atoms with E-state index in [0.717, 1.165) is 11.1 Å². The first kappa shape index (κ1) is 20.7. The highest BCUT2D eigenvalue weighted by molar-refractivity contribution is 5.83. The lowest BCUT2D eigenvalue weighted by atomic mass is 10.0. The van der Waals surface area contributed by atoms with Gasteiger partial charge in [0, 0.05) is 36.5 Å². The molecule has 3 N–H and O–H groups in total. The molecule has 0 aliphatic heterocycles. The van der Waals surface area contributed by atoms with Crippen molar-refractivity contribution in [1.82, 2.24) is 15.0 Å². The van der Waals surface area contributed by atoms with Crippen LogP contribution in [0.5, 0.6) is 5.75 Å². The molecule has 0 aliphatic rings. The van der Waals surface area contributed by atoms with Crippen LogP contribution in [0.1, 0.15) is 0 Å². The summed E-state index contributed by atoms with van der Waals surface area (Å²) >= 11 is 0. The summed E-state index contributed by atoms with van der Waals surface area (Å²) in [6.07, 6.45) is 2.94. The third-order valence-corrected chi connectivity index (χ3v) is 4.71. The molecular formula is C23H20N6O3. The number of aromatic nitrogens is 3. The van der Waals surface area contributed by atoms with Gasteiger partial charge in [-0.2, -0.15) is 0 Å². The Balaban J connectivity index is 1.49. The molecule has 0 spiro atoms. The van der Waals surface area contributed by atoms with E-state index in [2.05, 4.69) is 25.6 Å². The number of hydrogen-bond donors (Lipinski definition) is 3. The van der Waals surface area contributed by atoms with Crippen molar-refractivity contribution < 1.29 is 10.0 Å². The Bertz CT molecular complexity index is 1220. The van der Waals surface area contributed by atoms with E-state index in [-0.39, 0.29) is 11.4 Å². The first-order valence-electron chi connectivity index (χ1n) is 9.91. The number of benzene rings is 2. The highest BCUT2D eigenvalue weighted by Crippen LogP contribution is 2.35. The number of nitrogens with one attached hydrogen (secondary N) is 2. The van der Waals surface area contributed by atoms with Gasteiger partial charge in [0.25, 0.3) is 5.69 Å². The van der Waals surface area contributed by atoms with Crippen LogP contribution in [0.3, 0.4) is 0 Å². The van der Waals surface area contributed by atoms with Crippen LogP contribution in [0.2, 0.25) is 0 Å². The van der Waals surface area contributed by atoms with Crippen molar-refractivity contribution in [3.8, 4) is 28.1 Å². The van der Waals surface area contributed by atoms with Crippen LogP contribution in [-0.2, 0) is 0 Å². The highest BCUT2D eigenvalue weighted by atomic mass is 16.6. The normalized spacial score (nSPS) is 10.5. The Kier molecular flexibility index (Phi) is 6.17. The molecule has 0 bridgehead atoms. The number of anilines is 2. The molecule has 9 heteroatoms. The molecule has 2 aromatic carbocycles. The topological polar surface area (TPSA) is 126 Å². The zero-order valence-corrected chi connectivity index (χ0v) is 17.0. The second-order valence-electron chi connectivity index (χ2n) is 6.85. The Morgan fingerprint density at radius 2 is 1.59 bits per heavy atom. The maximum absolute atomic E-state index is 10.7. The van der Waals surface area contributed by atoms with Crippen molar-refractivity contribution in [2.75, 3.05) is 23.7 Å². The van der Waals surface area contributed by atoms with E-state index >= 15 is 0 Å². The monoisotopic (exact) mass is 428 g/mol. The quantitative estimate of drug-likeness (QED) is 0.215. The van der Waals surface area contributed by atoms with E-state index in [1.807, 2.05) is 42.5 Å². The summed E-state index contributed by atoms with van der Waals surface area (Å²) < 4.78 is 0. The minimum absolute atomic E-state index is 0.0581. The van der Waals surface area contributed by atoms with Gasteiger partial charge in [0.2, 0.25) is 5.95 Å². The molecule has 0 amide bonds. The molecule has 160 valence electrons. The molecule has 2 aromatic heterocycles. The van der Waals surface area contributed by atoms with Gasteiger partial charge in [-0.05, 0) is 23.8 Å². The average Bonchev–Trinajstić information content (AvgIpc) is 2.83. The van der Waals surface area contributed by atoms with Gasteiger partial charge < -0.3 is 15.7 Å². The molecule has 0 fully saturated rings. The third kappa shape index (κ3) is 4.78. The molecule has 0 saturated carbocycles. The van der Waals surface area contributed by atoms with Crippen molar-refractivity contribution in [2.24, 2.45) is 0 Å². The van der Waals surface area contributed by atoms with E-state index in [1.165, 1.54) is 12.3 Å². The summed E-state index contributed by atoms with van der Waals surface area (Å²) in [4.78, 5) is 23.3. The smallest absolute Gasteiger partial charge is 0.287 e. The molecule has 9 nitrogen and oxygen atoms in total. The number of para-hydroxylation sites is 1. The minimum Gasteiger partial charge on any atom is -0.507 e. The van der Waals surface area contributed by atoms with E-state index in [4.69, 9.17) is 0 Å². The number of rotatable bonds is 8. The number of pyridine rings is 1. The lowest BCUT2D eigenvalue weighted by Gasteiger charge is -2.13. The third-order valence-electron chi connectivity index (χ3n) is 4.71. The molecular weight excluding hydrogens is 408 g/mol. The first-order valence-corrected chi connectivity index (χ1v) is 9.91. The van der Waals surface area contributed by atoms with Crippen LogP contribution in [0.25, 0.3) is 22.4 Å². The fourth-order valence-corrected chi connectivity index (χ4v) is 3.14. The van der Waals surface area contributed by atoms with Crippen molar-refractivity contribution in [3.63, 3.8) is 0 Å². The number of hydrogen-bond acceptors (Lipinski definition) is 8. The van der Waals surface area contributed by atoms with Crippen LogP contribution in [0.4, 0.5) is 17.5 Å². The van der Waals surface area contributed by atoms with Crippen molar-refractivity contribution in [1.29, 1.82) is 0 Å². The zero-order chi connectivity index (χ0) is 22.3. The average molecular weight is 428 g/mol. The summed E-state index contributed by atoms with van der Waals surface area (Å²) in [7, 11) is 0. The van der Waals surface area contributed by atoms with Crippen LogP contribution < -0.4 is 10.6 Å². The molecule has 0 saturated heterocycles. The van der Waals surface area contributed by atoms with Gasteiger partial charge >= 0.3 is 0 Å². The largest absolute Gasteiger partial charge is 0.507 e. The Labute approximate surface area is 184 Å². The van der Waals surface area contributed by atoms with E-state index in [0.29, 0.717) is 36.1 Å². The number of phenolic OH excluding ortho intramolecular Hbond substituents is 1. The van der Waals surface area contributed by atoms with Crippen molar-refractivity contribution in [2.45, 2.75) is 0 Å². The number of nitrogens with zero attached hydrogens (tertiary/aromatic N) is 4. The van der Waals surface area contributed by atoms with E-state index < -0.39 is 4.92 Å². The fraction of sp³-hybridized carbons (Fsp3) is 0.0870. The Hall–Kier alpha value is -4.53. The van der Waals surface area contributed by atoms with Crippen molar-refractivity contribution in [3.05, 3.63) is 89.2 Å². The predicted octanol–water partition coefficient (Wildman–Crippen LogP) is 4.34. The summed E-state index contributed by atoms with van der Waals surface area (Å²) in [5.74, 6) is 1.09. The maximum atomic E-state index is 10.7. The SMILES string of the molecule is O=[N+]([O-])c1ccc(NCCNc2ncc(-c3ccccc3)c(-c3ccccc3O)n2)nc1. The van der Waals surface area contributed by atoms with Crippen LogP contribution in [-0.4, -0.2) is 38.1 Å². The molecule has 0 atom stereocenters. The lowest BCUT2D eigenvalue weighted by molar-refractivity contribution is -0.385. The summed E-state index contributed by atoms with van der Waals surface area (Å²) in [5.41, 5.74) is 2.94. The van der Waals surface area contributed by atoms with Crippen LogP contribution >= 0.6 is 0 Å². The van der Waals surface area contributed by atoms with Gasteiger partial charge in [-0.1, -0.05) is 42.5 Å². The second kappa shape index (κ2) is 9.52. The lowest BCUT2D eigenvalue weighted by Crippen LogP contribution is -2.16. The van der Waals surface area contributed by atoms with Gasteiger partial charge in [0.1, 0.15) is 17.8 Å². The number of phenols is 1. The van der Waals surface area contributed by atoms with Gasteiger partial charge in [-0.25, -0.2) is 15.0 Å². The minimum atomic E-state index is -0.489. The van der Waals surface area contributed by atoms with E-state index in [9.17, 15) is 15.2 Å². The van der Waals surface area contributed by atoms with Gasteiger partial charge in [0.15, 0.2) is 0 Å². The molecule has 4 rings (SSSR count). The zero-order valence-electron chi connectivity index (χ0n) is 17.0. The summed E-state index contributed by atoms with van der Waals surface area (Å²) in [6, 6.07) is 19.8. The molecule has 4 aromatic rings. The van der Waals surface area contributed by atoms with Gasteiger partial charge in [-0.15, -0.1) is 0 Å². The fourth-order valence-electron chi connectivity index (χ4n) is 3.14. The molecule has 0 aliphatic carbocycles. The number of aromatic hydroxyl groups is 1. The van der Waals surface area contributed by atoms with Crippen LogP contribution in [0.15, 0.2) is 79.1 Å². The summed E-state index contributed by atoms with van der Waals surface area (Å²) in [6.45, 7) is 0.990. The van der Waals surface area contributed by atoms with Gasteiger partial charge in [0.05, 0.1) is 10.6 Å².